The number of likely N-dealkylation sites (N-methyl/N-ethyl adjacent to an activating group) is 1. The van der Waals surface area contributed by atoms with E-state index in [0.29, 0.717) is 11.6 Å². The van der Waals surface area contributed by atoms with Gasteiger partial charge in [0.2, 0.25) is 5.69 Å². The Hall–Kier alpha value is -2.34. The number of nitrogens with two attached hydrogens (primary N) is 1. The first-order valence-electron chi connectivity index (χ1n) is 8.50. The van der Waals surface area contributed by atoms with E-state index >= 15 is 0 Å². The van der Waals surface area contributed by atoms with Crippen LogP contribution < -0.4 is 16.0 Å². The lowest BCUT2D eigenvalue weighted by Gasteiger charge is -2.47. The topological polar surface area (TPSA) is 75.6 Å². The number of rotatable bonds is 4. The van der Waals surface area contributed by atoms with Crippen LogP contribution in [0.2, 0.25) is 0 Å². The summed E-state index contributed by atoms with van der Waals surface area (Å²) in [6.45, 7) is 3.31. The lowest BCUT2D eigenvalue weighted by Crippen LogP contribution is -2.63. The van der Waals surface area contributed by atoms with Crippen LogP contribution in [0.15, 0.2) is 42.2 Å². The summed E-state index contributed by atoms with van der Waals surface area (Å²) in [4.78, 5) is 20.0. The first-order chi connectivity index (χ1) is 11.7. The second kappa shape index (κ2) is 7.49. The summed E-state index contributed by atoms with van der Waals surface area (Å²) in [5.41, 5.74) is 7.14. The van der Waals surface area contributed by atoms with E-state index < -0.39 is 0 Å². The molecule has 24 heavy (non-hydrogen) atoms. The average Bonchev–Trinajstić information content (AvgIpc) is 2.66. The third kappa shape index (κ3) is 3.76. The summed E-state index contributed by atoms with van der Waals surface area (Å²) in [6, 6.07) is 9.92. The molecule has 1 aromatic carbocycles. The van der Waals surface area contributed by atoms with E-state index in [1.807, 2.05) is 42.3 Å². The predicted octanol–water partition coefficient (Wildman–Crippen LogP) is 0.00520. The molecule has 6 heteroatoms. The Kier molecular flexibility index (Phi) is 5.15. The van der Waals surface area contributed by atoms with Crippen LogP contribution in [0.3, 0.4) is 0 Å². The van der Waals surface area contributed by atoms with Crippen LogP contribution in [0.1, 0.15) is 12.8 Å². The number of amides is 2. The molecule has 1 aromatic rings. The fraction of sp³-hybridized carbons (Fsp3) is 0.444. The van der Waals surface area contributed by atoms with E-state index in [0.717, 1.165) is 12.2 Å². The van der Waals surface area contributed by atoms with E-state index in [1.54, 1.807) is 6.21 Å². The summed E-state index contributed by atoms with van der Waals surface area (Å²) in [7, 11) is 1.88. The fourth-order valence-electron chi connectivity index (χ4n) is 3.56. The molecular weight excluding hydrogens is 302 g/mol. The van der Waals surface area contributed by atoms with Gasteiger partial charge in [0.15, 0.2) is 6.21 Å². The number of para-hydroxylation sites is 1. The zero-order valence-corrected chi connectivity index (χ0v) is 14.1. The van der Waals surface area contributed by atoms with E-state index in [-0.39, 0.29) is 12.1 Å². The molecule has 1 atom stereocenters. The van der Waals surface area contributed by atoms with Crippen molar-refractivity contribution in [3.63, 3.8) is 0 Å². The van der Waals surface area contributed by atoms with Crippen molar-refractivity contribution in [3.05, 3.63) is 42.2 Å². The third-order valence-electron chi connectivity index (χ3n) is 5.04. The van der Waals surface area contributed by atoms with Gasteiger partial charge < -0.3 is 20.9 Å². The predicted molar refractivity (Wildman–Crippen MR) is 94.6 cm³/mol. The fourth-order valence-corrected chi connectivity index (χ4v) is 3.56. The van der Waals surface area contributed by atoms with Crippen LogP contribution in [0.4, 0.5) is 10.5 Å². The van der Waals surface area contributed by atoms with Crippen LogP contribution in [0.5, 0.6) is 0 Å². The van der Waals surface area contributed by atoms with Gasteiger partial charge in [-0.05, 0) is 31.8 Å². The van der Waals surface area contributed by atoms with Crippen molar-refractivity contribution in [3.8, 4) is 0 Å². The Morgan fingerprint density at radius 2 is 2.04 bits per heavy atom. The standard InChI is InChI=1S/C18H25N5O/c1-22(17-13-23-9-7-14(17)8-10-23)18(24)21-16(11-19)12-20-15-5-3-2-4-6-15/h2-6,11-12,14,17H,7-10,13,19H2,1H3,(H,21,24)/p+1/t17-/m0/s1. The van der Waals surface area contributed by atoms with Gasteiger partial charge in [0, 0.05) is 38.0 Å². The lowest BCUT2D eigenvalue weighted by atomic mass is 9.83. The quantitative estimate of drug-likeness (QED) is 0.681. The highest BCUT2D eigenvalue weighted by molar-refractivity contribution is 5.85. The van der Waals surface area contributed by atoms with Crippen LogP contribution >= 0.6 is 0 Å². The zero-order chi connectivity index (χ0) is 16.9. The minimum absolute atomic E-state index is 0.114. The summed E-state index contributed by atoms with van der Waals surface area (Å²) >= 11 is 0. The highest BCUT2D eigenvalue weighted by Crippen LogP contribution is 2.30. The number of nitrogens with zero attached hydrogens (tertiary/aromatic N) is 2. The van der Waals surface area contributed by atoms with Crippen LogP contribution in [-0.2, 0) is 0 Å². The number of fused-ring (bicyclic) bond motifs is 3. The Bertz CT molecular complexity index is 620. The molecule has 0 saturated carbocycles. The molecule has 0 unspecified atom stereocenters. The van der Waals surface area contributed by atoms with Gasteiger partial charge in [0.25, 0.3) is 0 Å². The number of hydrogen-bond donors (Lipinski definition) is 3. The summed E-state index contributed by atoms with van der Waals surface area (Å²) in [6.07, 6.45) is 5.48. The van der Waals surface area contributed by atoms with E-state index in [4.69, 9.17) is 5.73 Å². The number of hydrogen-bond acceptors (Lipinski definition) is 3. The van der Waals surface area contributed by atoms with Gasteiger partial charge in [-0.2, -0.15) is 0 Å². The molecule has 4 rings (SSSR count). The van der Waals surface area contributed by atoms with Crippen molar-refractivity contribution in [2.45, 2.75) is 18.9 Å². The molecule has 0 spiro atoms. The molecule has 3 aliphatic heterocycles. The molecule has 0 aliphatic carbocycles. The maximum atomic E-state index is 12.6. The number of urea groups is 1. The highest BCUT2D eigenvalue weighted by Gasteiger charge is 2.37. The summed E-state index contributed by atoms with van der Waals surface area (Å²) < 4.78 is 0. The molecular formula is C18H26N5O+. The van der Waals surface area contributed by atoms with Crippen molar-refractivity contribution in [2.24, 2.45) is 11.7 Å². The summed E-state index contributed by atoms with van der Waals surface area (Å²) in [5, 5.41) is 2.88. The van der Waals surface area contributed by atoms with Gasteiger partial charge in [0.05, 0.1) is 0 Å². The largest absolute Gasteiger partial charge is 0.403 e. The average molecular weight is 328 g/mol. The van der Waals surface area contributed by atoms with Gasteiger partial charge in [-0.3, -0.25) is 0 Å². The van der Waals surface area contributed by atoms with Crippen molar-refractivity contribution in [2.75, 3.05) is 26.7 Å². The number of carbonyl (C=O) groups excluding carboxylic acids is 1. The molecule has 3 saturated heterocycles. The van der Waals surface area contributed by atoms with E-state index in [9.17, 15) is 4.79 Å². The van der Waals surface area contributed by atoms with E-state index in [1.165, 1.54) is 32.1 Å². The third-order valence-corrected chi connectivity index (χ3v) is 5.04. The highest BCUT2D eigenvalue weighted by atomic mass is 16.2. The number of allylic oxidation sites excluding steroid dienone is 1. The second-order valence-corrected chi connectivity index (χ2v) is 6.52. The molecule has 2 bridgehead atoms. The Morgan fingerprint density at radius 3 is 2.62 bits per heavy atom. The normalized spacial score (nSPS) is 26.5. The molecule has 0 radical (unpaired) electrons. The Labute approximate surface area is 143 Å². The molecule has 3 fully saturated rings. The maximum absolute atomic E-state index is 12.6. The number of carbonyl (C=O) groups is 1. The molecule has 4 N–H and O–H groups in total. The first kappa shape index (κ1) is 16.5. The smallest absolute Gasteiger partial charge is 0.322 e. The van der Waals surface area contributed by atoms with Gasteiger partial charge in [-0.25, -0.2) is 9.79 Å². The Balaban J connectivity index is 1.59. The van der Waals surface area contributed by atoms with E-state index in [2.05, 4.69) is 15.2 Å². The molecule has 3 aliphatic rings. The molecule has 6 nitrogen and oxygen atoms in total. The van der Waals surface area contributed by atoms with Gasteiger partial charge in [0.1, 0.15) is 5.70 Å². The van der Waals surface area contributed by atoms with Crippen molar-refractivity contribution >= 4 is 17.9 Å². The van der Waals surface area contributed by atoms with Crippen molar-refractivity contribution in [1.29, 1.82) is 0 Å². The van der Waals surface area contributed by atoms with Crippen LogP contribution in [0, 0.1) is 5.92 Å². The molecule has 2 amide bonds. The number of nitrogens with one attached hydrogen (secondary N) is 2. The molecule has 128 valence electrons. The monoisotopic (exact) mass is 328 g/mol. The SMILES string of the molecule is CN(C(=O)NC(C=[NH+]c1ccccc1)=CN)[C@H]1CN2CCC1CC2. The first-order valence-corrected chi connectivity index (χ1v) is 8.50. The second-order valence-electron chi connectivity index (χ2n) is 6.52. The Morgan fingerprint density at radius 1 is 1.33 bits per heavy atom. The van der Waals surface area contributed by atoms with Gasteiger partial charge in [-0.1, -0.05) is 18.2 Å². The van der Waals surface area contributed by atoms with Crippen LogP contribution in [0.25, 0.3) is 0 Å². The number of piperidine rings is 3. The van der Waals surface area contributed by atoms with Gasteiger partial charge in [-0.15, -0.1) is 0 Å². The molecule has 0 aromatic heterocycles. The van der Waals surface area contributed by atoms with Crippen molar-refractivity contribution in [1.82, 2.24) is 15.1 Å². The maximum Gasteiger partial charge on any atom is 0.322 e. The van der Waals surface area contributed by atoms with Crippen LogP contribution in [-0.4, -0.2) is 54.8 Å². The number of benzene rings is 1. The van der Waals surface area contributed by atoms with Crippen molar-refractivity contribution < 1.29 is 9.79 Å². The minimum Gasteiger partial charge on any atom is -0.403 e. The summed E-state index contributed by atoms with van der Waals surface area (Å²) in [5.74, 6) is 0.613. The zero-order valence-electron chi connectivity index (χ0n) is 14.1. The minimum atomic E-state index is -0.114. The van der Waals surface area contributed by atoms with Gasteiger partial charge >= 0.3 is 6.03 Å². The molecule has 3 heterocycles. The lowest BCUT2D eigenvalue weighted by molar-refractivity contribution is -0.347.